The zero-order valence-electron chi connectivity index (χ0n) is 14.8. The van der Waals surface area contributed by atoms with E-state index in [0.717, 1.165) is 31.2 Å². The molecule has 1 amide bonds. The Hall–Kier alpha value is -1.50. The fourth-order valence-electron chi connectivity index (χ4n) is 3.93. The minimum Gasteiger partial charge on any atom is -0.493 e. The highest BCUT2D eigenvalue weighted by molar-refractivity contribution is 6.32. The van der Waals surface area contributed by atoms with Gasteiger partial charge in [0, 0.05) is 31.7 Å². The number of rotatable bonds is 6. The molecule has 1 aromatic rings. The SMILES string of the molecule is COc1cc(CN2CC[C@@H]3CC[C@H](C2)N3C)cc(Cl)c1OCC(N)=O. The van der Waals surface area contributed by atoms with Crippen LogP contribution in [0.15, 0.2) is 12.1 Å². The summed E-state index contributed by atoms with van der Waals surface area (Å²) in [7, 11) is 3.81. The Morgan fingerprint density at radius 3 is 2.80 bits per heavy atom. The Morgan fingerprint density at radius 1 is 1.32 bits per heavy atom. The van der Waals surface area contributed by atoms with Crippen LogP contribution in [-0.2, 0) is 11.3 Å². The highest BCUT2D eigenvalue weighted by Crippen LogP contribution is 2.37. The Bertz CT molecular complexity index is 640. The summed E-state index contributed by atoms with van der Waals surface area (Å²) in [5, 5.41) is 0.434. The molecule has 2 heterocycles. The largest absolute Gasteiger partial charge is 0.493 e. The molecule has 2 saturated heterocycles. The number of methoxy groups -OCH3 is 1. The van der Waals surface area contributed by atoms with Crippen LogP contribution in [0, 0.1) is 0 Å². The number of primary amides is 1. The van der Waals surface area contributed by atoms with Crippen molar-refractivity contribution in [2.24, 2.45) is 5.73 Å². The molecule has 3 rings (SSSR count). The molecule has 2 fully saturated rings. The van der Waals surface area contributed by atoms with Crippen LogP contribution in [-0.4, -0.2) is 61.6 Å². The highest BCUT2D eigenvalue weighted by Gasteiger charge is 2.34. The molecule has 1 aromatic carbocycles. The lowest BCUT2D eigenvalue weighted by Gasteiger charge is -2.26. The van der Waals surface area contributed by atoms with Gasteiger partial charge in [-0.1, -0.05) is 11.6 Å². The maximum atomic E-state index is 10.9. The highest BCUT2D eigenvalue weighted by atomic mass is 35.5. The van der Waals surface area contributed by atoms with Gasteiger partial charge in [-0.25, -0.2) is 0 Å². The van der Waals surface area contributed by atoms with E-state index in [1.807, 2.05) is 12.1 Å². The Balaban J connectivity index is 1.72. The fraction of sp³-hybridized carbons (Fsp3) is 0.611. The van der Waals surface area contributed by atoms with E-state index in [9.17, 15) is 4.79 Å². The third-order valence-corrected chi connectivity index (χ3v) is 5.57. The molecule has 138 valence electrons. The number of amides is 1. The van der Waals surface area contributed by atoms with Gasteiger partial charge in [-0.15, -0.1) is 0 Å². The summed E-state index contributed by atoms with van der Waals surface area (Å²) >= 11 is 6.35. The van der Waals surface area contributed by atoms with Crippen molar-refractivity contribution in [3.8, 4) is 11.5 Å². The van der Waals surface area contributed by atoms with Crippen LogP contribution >= 0.6 is 11.6 Å². The molecule has 2 bridgehead atoms. The van der Waals surface area contributed by atoms with Gasteiger partial charge < -0.3 is 15.2 Å². The Morgan fingerprint density at radius 2 is 2.08 bits per heavy atom. The van der Waals surface area contributed by atoms with Gasteiger partial charge in [-0.2, -0.15) is 0 Å². The maximum Gasteiger partial charge on any atom is 0.255 e. The lowest BCUT2D eigenvalue weighted by molar-refractivity contribution is -0.119. The van der Waals surface area contributed by atoms with Gasteiger partial charge in [-0.05, 0) is 44.0 Å². The van der Waals surface area contributed by atoms with Crippen molar-refractivity contribution >= 4 is 17.5 Å². The predicted molar refractivity (Wildman–Crippen MR) is 97.2 cm³/mol. The monoisotopic (exact) mass is 367 g/mol. The number of fused-ring (bicyclic) bond motifs is 2. The van der Waals surface area contributed by atoms with Crippen molar-refractivity contribution in [2.45, 2.75) is 37.9 Å². The number of halogens is 1. The molecule has 2 N–H and O–H groups in total. The second-order valence-electron chi connectivity index (χ2n) is 6.94. The molecule has 0 spiro atoms. The van der Waals surface area contributed by atoms with E-state index in [1.54, 1.807) is 7.11 Å². The summed E-state index contributed by atoms with van der Waals surface area (Å²) in [5.41, 5.74) is 6.21. The van der Waals surface area contributed by atoms with Gasteiger partial charge in [0.1, 0.15) is 0 Å². The third-order valence-electron chi connectivity index (χ3n) is 5.29. The fourth-order valence-corrected chi connectivity index (χ4v) is 4.22. The van der Waals surface area contributed by atoms with Gasteiger partial charge in [0.2, 0.25) is 0 Å². The van der Waals surface area contributed by atoms with Gasteiger partial charge in [0.05, 0.1) is 12.1 Å². The zero-order valence-corrected chi connectivity index (χ0v) is 15.6. The second kappa shape index (κ2) is 7.81. The standard InChI is InChI=1S/C18H26ClN3O3/c1-21-13-3-4-14(21)10-22(6-5-13)9-12-7-15(19)18(16(8-12)24-2)25-11-17(20)23/h7-8,13-14H,3-6,9-11H2,1-2H3,(H2,20,23)/t13-,14+/m0/s1. The van der Waals surface area contributed by atoms with E-state index < -0.39 is 5.91 Å². The number of carbonyl (C=O) groups excluding carboxylic acids is 1. The lowest BCUT2D eigenvalue weighted by Crippen LogP contribution is -2.36. The number of nitrogens with two attached hydrogens (primary N) is 1. The summed E-state index contributed by atoms with van der Waals surface area (Å²) in [5.74, 6) is 0.338. The zero-order chi connectivity index (χ0) is 18.0. The van der Waals surface area contributed by atoms with Crippen LogP contribution in [0.3, 0.4) is 0 Å². The van der Waals surface area contributed by atoms with Crippen molar-refractivity contribution in [1.82, 2.24) is 9.80 Å². The summed E-state index contributed by atoms with van der Waals surface area (Å²) in [6.07, 6.45) is 3.81. The first-order chi connectivity index (χ1) is 12.0. The molecule has 6 nitrogen and oxygen atoms in total. The molecule has 0 aromatic heterocycles. The Kier molecular flexibility index (Phi) is 5.71. The molecular formula is C18H26ClN3O3. The molecule has 0 saturated carbocycles. The van der Waals surface area contributed by atoms with Gasteiger partial charge >= 0.3 is 0 Å². The van der Waals surface area contributed by atoms with Crippen molar-refractivity contribution in [3.05, 3.63) is 22.7 Å². The first-order valence-electron chi connectivity index (χ1n) is 8.69. The first-order valence-corrected chi connectivity index (χ1v) is 9.07. The molecular weight excluding hydrogens is 342 g/mol. The van der Waals surface area contributed by atoms with Crippen LogP contribution in [0.25, 0.3) is 0 Å². The summed E-state index contributed by atoms with van der Waals surface area (Å²) < 4.78 is 10.8. The van der Waals surface area contributed by atoms with Crippen LogP contribution in [0.1, 0.15) is 24.8 Å². The van der Waals surface area contributed by atoms with E-state index in [-0.39, 0.29) is 6.61 Å². The summed E-state index contributed by atoms with van der Waals surface area (Å²) in [4.78, 5) is 16.0. The van der Waals surface area contributed by atoms with Crippen LogP contribution in [0.2, 0.25) is 5.02 Å². The molecule has 0 radical (unpaired) electrons. The van der Waals surface area contributed by atoms with Crippen molar-refractivity contribution in [1.29, 1.82) is 0 Å². The van der Waals surface area contributed by atoms with E-state index in [2.05, 4.69) is 16.8 Å². The lowest BCUT2D eigenvalue weighted by atomic mass is 10.1. The quantitative estimate of drug-likeness (QED) is 0.831. The van der Waals surface area contributed by atoms with Crippen molar-refractivity contribution in [2.75, 3.05) is 33.9 Å². The van der Waals surface area contributed by atoms with E-state index in [0.29, 0.717) is 22.6 Å². The van der Waals surface area contributed by atoms with Gasteiger partial charge in [-0.3, -0.25) is 14.6 Å². The number of nitrogens with zero attached hydrogens (tertiary/aromatic N) is 2. The average molecular weight is 368 g/mol. The van der Waals surface area contributed by atoms with Crippen LogP contribution in [0.5, 0.6) is 11.5 Å². The predicted octanol–water partition coefficient (Wildman–Crippen LogP) is 1.88. The van der Waals surface area contributed by atoms with E-state index >= 15 is 0 Å². The number of hydrogen-bond acceptors (Lipinski definition) is 5. The molecule has 0 aliphatic carbocycles. The molecule has 2 aliphatic rings. The minimum atomic E-state index is -0.550. The Labute approximate surface area is 153 Å². The van der Waals surface area contributed by atoms with Crippen molar-refractivity contribution < 1.29 is 14.3 Å². The van der Waals surface area contributed by atoms with Crippen LogP contribution in [0.4, 0.5) is 0 Å². The average Bonchev–Trinajstić information content (AvgIpc) is 2.81. The number of benzene rings is 1. The first kappa shape index (κ1) is 18.3. The van der Waals surface area contributed by atoms with Crippen molar-refractivity contribution in [3.63, 3.8) is 0 Å². The number of carbonyl (C=O) groups is 1. The van der Waals surface area contributed by atoms with Gasteiger partial charge in [0.25, 0.3) is 5.91 Å². The molecule has 0 unspecified atom stereocenters. The molecule has 25 heavy (non-hydrogen) atoms. The number of hydrogen-bond donors (Lipinski definition) is 1. The third kappa shape index (κ3) is 4.19. The second-order valence-corrected chi connectivity index (χ2v) is 7.35. The molecule has 2 atom stereocenters. The minimum absolute atomic E-state index is 0.225. The smallest absolute Gasteiger partial charge is 0.255 e. The van der Waals surface area contributed by atoms with E-state index in [4.69, 9.17) is 26.8 Å². The molecule has 2 aliphatic heterocycles. The molecule has 7 heteroatoms. The maximum absolute atomic E-state index is 10.9. The van der Waals surface area contributed by atoms with Gasteiger partial charge in [0.15, 0.2) is 18.1 Å². The number of likely N-dealkylation sites (N-methyl/N-ethyl adjacent to an activating group) is 1. The summed E-state index contributed by atoms with van der Waals surface area (Å²) in [6.45, 7) is 2.76. The van der Waals surface area contributed by atoms with E-state index in [1.165, 1.54) is 19.3 Å². The number of likely N-dealkylation sites (tertiary alicyclic amines) is 1. The van der Waals surface area contributed by atoms with Crippen LogP contribution < -0.4 is 15.2 Å². The normalized spacial score (nSPS) is 24.1. The topological polar surface area (TPSA) is 68.0 Å². The number of ether oxygens (including phenoxy) is 2. The summed E-state index contributed by atoms with van der Waals surface area (Å²) in [6, 6.07) is 5.17.